The second kappa shape index (κ2) is 7.14. The van der Waals surface area contributed by atoms with Crippen LogP contribution in [0.15, 0.2) is 29.3 Å². The monoisotopic (exact) mass is 303 g/mol. The lowest BCUT2D eigenvalue weighted by Gasteiger charge is -2.21. The molecule has 1 aliphatic rings. The van der Waals surface area contributed by atoms with Crippen LogP contribution in [0.2, 0.25) is 0 Å². The van der Waals surface area contributed by atoms with E-state index in [9.17, 15) is 5.11 Å². The van der Waals surface area contributed by atoms with Crippen molar-refractivity contribution in [3.05, 3.63) is 35.4 Å². The summed E-state index contributed by atoms with van der Waals surface area (Å²) in [6, 6.07) is 8.70. The van der Waals surface area contributed by atoms with E-state index < -0.39 is 0 Å². The molecule has 1 saturated heterocycles. The number of aliphatic imine (C=N–C) groups is 1. The number of likely N-dealkylation sites (tertiary alicyclic amines) is 1. The van der Waals surface area contributed by atoms with Crippen molar-refractivity contribution < 1.29 is 5.11 Å². The largest absolute Gasteiger partial charge is 0.391 e. The van der Waals surface area contributed by atoms with E-state index in [-0.39, 0.29) is 11.5 Å². The van der Waals surface area contributed by atoms with Crippen LogP contribution in [0, 0.1) is 0 Å². The van der Waals surface area contributed by atoms with E-state index in [4.69, 9.17) is 4.99 Å². The molecule has 0 aliphatic carbocycles. The van der Waals surface area contributed by atoms with Crippen LogP contribution in [0.4, 0.5) is 0 Å². The first-order chi connectivity index (χ1) is 10.4. The van der Waals surface area contributed by atoms with E-state index in [1.165, 1.54) is 11.1 Å². The number of rotatable bonds is 3. The molecule has 0 spiro atoms. The number of β-amino-alcohol motifs (C(OH)–C–C–N with tert-alkyl or cyclic N) is 1. The molecule has 1 aliphatic heterocycles. The SMILES string of the molecule is CCNC(=NCc1ccc(C(C)(C)C)cc1)N1CC[C@@H](O)C1. The molecular weight excluding hydrogens is 274 g/mol. The first-order valence-corrected chi connectivity index (χ1v) is 8.21. The molecular formula is C18H29N3O. The molecule has 0 unspecified atom stereocenters. The van der Waals surface area contributed by atoms with Crippen molar-refractivity contribution in [1.29, 1.82) is 0 Å². The summed E-state index contributed by atoms with van der Waals surface area (Å²) in [7, 11) is 0. The van der Waals surface area contributed by atoms with Crippen LogP contribution in [0.5, 0.6) is 0 Å². The summed E-state index contributed by atoms with van der Waals surface area (Å²) in [4.78, 5) is 6.85. The highest BCUT2D eigenvalue weighted by molar-refractivity contribution is 5.80. The normalized spacial score (nSPS) is 19.6. The van der Waals surface area contributed by atoms with Gasteiger partial charge in [-0.3, -0.25) is 0 Å². The molecule has 0 radical (unpaired) electrons. The topological polar surface area (TPSA) is 47.9 Å². The highest BCUT2D eigenvalue weighted by Crippen LogP contribution is 2.22. The standard InChI is InChI=1S/C18H29N3O/c1-5-19-17(21-11-10-16(22)13-21)20-12-14-6-8-15(9-7-14)18(2,3)4/h6-9,16,22H,5,10-13H2,1-4H3,(H,19,20)/t16-/m1/s1. The zero-order valence-electron chi connectivity index (χ0n) is 14.3. The maximum atomic E-state index is 9.68. The molecule has 1 aromatic carbocycles. The van der Waals surface area contributed by atoms with Gasteiger partial charge in [-0.2, -0.15) is 0 Å². The fourth-order valence-electron chi connectivity index (χ4n) is 2.64. The van der Waals surface area contributed by atoms with Gasteiger partial charge in [0.1, 0.15) is 0 Å². The Kier molecular flexibility index (Phi) is 5.46. The van der Waals surface area contributed by atoms with Crippen LogP contribution >= 0.6 is 0 Å². The number of benzene rings is 1. The van der Waals surface area contributed by atoms with Gasteiger partial charge >= 0.3 is 0 Å². The van der Waals surface area contributed by atoms with Gasteiger partial charge in [0.25, 0.3) is 0 Å². The Balaban J connectivity index is 2.04. The summed E-state index contributed by atoms with van der Waals surface area (Å²) >= 11 is 0. The first kappa shape index (κ1) is 16.8. The quantitative estimate of drug-likeness (QED) is 0.666. The molecule has 0 bridgehead atoms. The maximum absolute atomic E-state index is 9.68. The van der Waals surface area contributed by atoms with Gasteiger partial charge in [0.15, 0.2) is 5.96 Å². The van der Waals surface area contributed by atoms with Gasteiger partial charge < -0.3 is 15.3 Å². The summed E-state index contributed by atoms with van der Waals surface area (Å²) in [6.07, 6.45) is 0.597. The van der Waals surface area contributed by atoms with Crippen molar-refractivity contribution in [2.24, 2.45) is 4.99 Å². The summed E-state index contributed by atoms with van der Waals surface area (Å²) in [5.41, 5.74) is 2.74. The molecule has 1 fully saturated rings. The lowest BCUT2D eigenvalue weighted by molar-refractivity contribution is 0.188. The molecule has 122 valence electrons. The number of nitrogens with one attached hydrogen (secondary N) is 1. The lowest BCUT2D eigenvalue weighted by atomic mass is 9.87. The van der Waals surface area contributed by atoms with E-state index in [1.807, 2.05) is 0 Å². The van der Waals surface area contributed by atoms with Crippen LogP contribution in [0.25, 0.3) is 0 Å². The van der Waals surface area contributed by atoms with Crippen LogP contribution < -0.4 is 5.32 Å². The predicted octanol–water partition coefficient (Wildman–Crippen LogP) is 2.52. The van der Waals surface area contributed by atoms with Gasteiger partial charge in [0.05, 0.1) is 12.6 Å². The fraction of sp³-hybridized carbons (Fsp3) is 0.611. The smallest absolute Gasteiger partial charge is 0.194 e. The Morgan fingerprint density at radius 3 is 2.50 bits per heavy atom. The van der Waals surface area contributed by atoms with Crippen molar-refractivity contribution in [2.75, 3.05) is 19.6 Å². The zero-order chi connectivity index (χ0) is 16.2. The summed E-state index contributed by atoms with van der Waals surface area (Å²) < 4.78 is 0. The van der Waals surface area contributed by atoms with E-state index in [0.717, 1.165) is 25.5 Å². The Morgan fingerprint density at radius 1 is 1.32 bits per heavy atom. The summed E-state index contributed by atoms with van der Waals surface area (Å²) in [6.45, 7) is 11.8. The number of nitrogens with zero attached hydrogens (tertiary/aromatic N) is 2. The highest BCUT2D eigenvalue weighted by Gasteiger charge is 2.22. The van der Waals surface area contributed by atoms with Crippen molar-refractivity contribution >= 4 is 5.96 Å². The Labute approximate surface area is 134 Å². The molecule has 1 heterocycles. The van der Waals surface area contributed by atoms with E-state index in [0.29, 0.717) is 13.1 Å². The Morgan fingerprint density at radius 2 is 2.00 bits per heavy atom. The third-order valence-corrected chi connectivity index (χ3v) is 4.03. The average Bonchev–Trinajstić information content (AvgIpc) is 2.89. The molecule has 0 aromatic heterocycles. The predicted molar refractivity (Wildman–Crippen MR) is 92.2 cm³/mol. The number of guanidine groups is 1. The Hall–Kier alpha value is -1.55. The first-order valence-electron chi connectivity index (χ1n) is 8.21. The van der Waals surface area contributed by atoms with Crippen molar-refractivity contribution in [2.45, 2.75) is 52.2 Å². The summed E-state index contributed by atoms with van der Waals surface area (Å²) in [5.74, 6) is 0.902. The van der Waals surface area contributed by atoms with Gasteiger partial charge in [-0.1, -0.05) is 45.0 Å². The van der Waals surface area contributed by atoms with Gasteiger partial charge in [0, 0.05) is 19.6 Å². The molecule has 4 heteroatoms. The lowest BCUT2D eigenvalue weighted by Crippen LogP contribution is -2.40. The van der Waals surface area contributed by atoms with Gasteiger partial charge in [0.2, 0.25) is 0 Å². The van der Waals surface area contributed by atoms with Crippen LogP contribution in [0.1, 0.15) is 45.2 Å². The van der Waals surface area contributed by atoms with Crippen LogP contribution in [0.3, 0.4) is 0 Å². The average molecular weight is 303 g/mol. The molecule has 2 N–H and O–H groups in total. The molecule has 2 rings (SSSR count). The van der Waals surface area contributed by atoms with E-state index >= 15 is 0 Å². The zero-order valence-corrected chi connectivity index (χ0v) is 14.3. The molecule has 4 nitrogen and oxygen atoms in total. The van der Waals surface area contributed by atoms with E-state index in [1.54, 1.807) is 0 Å². The minimum absolute atomic E-state index is 0.183. The highest BCUT2D eigenvalue weighted by atomic mass is 16.3. The van der Waals surface area contributed by atoms with Gasteiger partial charge in [-0.25, -0.2) is 4.99 Å². The third kappa shape index (κ3) is 4.47. The number of hydrogen-bond donors (Lipinski definition) is 2. The van der Waals surface area contributed by atoms with Crippen molar-refractivity contribution in [3.8, 4) is 0 Å². The second-order valence-corrected chi connectivity index (χ2v) is 7.01. The van der Waals surface area contributed by atoms with Crippen molar-refractivity contribution in [3.63, 3.8) is 0 Å². The second-order valence-electron chi connectivity index (χ2n) is 7.01. The summed E-state index contributed by atoms with van der Waals surface area (Å²) in [5, 5.41) is 13.0. The van der Waals surface area contributed by atoms with Gasteiger partial charge in [-0.05, 0) is 29.9 Å². The minimum Gasteiger partial charge on any atom is -0.391 e. The van der Waals surface area contributed by atoms with Crippen LogP contribution in [-0.2, 0) is 12.0 Å². The molecule has 1 aromatic rings. The molecule has 1 atom stereocenters. The fourth-order valence-corrected chi connectivity index (χ4v) is 2.64. The number of aliphatic hydroxyl groups excluding tert-OH is 1. The number of hydrogen-bond acceptors (Lipinski definition) is 2. The van der Waals surface area contributed by atoms with E-state index in [2.05, 4.69) is 62.2 Å². The van der Waals surface area contributed by atoms with Gasteiger partial charge in [-0.15, -0.1) is 0 Å². The molecule has 0 saturated carbocycles. The number of aliphatic hydroxyl groups is 1. The Bertz CT molecular complexity index is 502. The molecule has 22 heavy (non-hydrogen) atoms. The van der Waals surface area contributed by atoms with Crippen molar-refractivity contribution in [1.82, 2.24) is 10.2 Å². The minimum atomic E-state index is -0.227. The molecule has 0 amide bonds. The van der Waals surface area contributed by atoms with Crippen LogP contribution in [-0.4, -0.2) is 41.7 Å². The third-order valence-electron chi connectivity index (χ3n) is 4.03. The maximum Gasteiger partial charge on any atom is 0.194 e.